The van der Waals surface area contributed by atoms with Crippen LogP contribution in [0.2, 0.25) is 0 Å². The third-order valence-corrected chi connectivity index (χ3v) is 4.02. The maximum absolute atomic E-state index is 4.47. The number of hydrogen-bond donors (Lipinski definition) is 2. The lowest BCUT2D eigenvalue weighted by Gasteiger charge is -2.29. The van der Waals surface area contributed by atoms with Gasteiger partial charge in [-0.05, 0) is 25.2 Å². The van der Waals surface area contributed by atoms with Crippen molar-refractivity contribution in [1.82, 2.24) is 9.97 Å². The maximum Gasteiger partial charge on any atom is 0.224 e. The SMILES string of the molecule is CNc1ncc(C)c(NCC2CCCCC2C)n1. The molecule has 1 heterocycles. The molecule has 100 valence electrons. The molecule has 2 atom stereocenters. The molecule has 1 aliphatic rings. The van der Waals surface area contributed by atoms with Crippen molar-refractivity contribution in [2.45, 2.75) is 39.5 Å². The molecule has 0 aromatic carbocycles. The summed E-state index contributed by atoms with van der Waals surface area (Å²) in [6.07, 6.45) is 7.36. The van der Waals surface area contributed by atoms with E-state index in [1.54, 1.807) is 0 Å². The van der Waals surface area contributed by atoms with Gasteiger partial charge in [0.05, 0.1) is 0 Å². The molecule has 4 heteroatoms. The Morgan fingerprint density at radius 1 is 1.33 bits per heavy atom. The second-order valence-electron chi connectivity index (χ2n) is 5.38. The highest BCUT2D eigenvalue weighted by atomic mass is 15.1. The highest BCUT2D eigenvalue weighted by Crippen LogP contribution is 2.29. The van der Waals surface area contributed by atoms with Crippen molar-refractivity contribution in [3.63, 3.8) is 0 Å². The minimum atomic E-state index is 0.680. The Labute approximate surface area is 110 Å². The van der Waals surface area contributed by atoms with Crippen molar-refractivity contribution in [3.8, 4) is 0 Å². The fraction of sp³-hybridized carbons (Fsp3) is 0.714. The summed E-state index contributed by atoms with van der Waals surface area (Å²) in [5, 5.41) is 6.48. The van der Waals surface area contributed by atoms with Crippen molar-refractivity contribution in [1.29, 1.82) is 0 Å². The zero-order valence-corrected chi connectivity index (χ0v) is 11.7. The molecule has 0 aliphatic heterocycles. The summed E-state index contributed by atoms with van der Waals surface area (Å²) in [7, 11) is 1.84. The summed E-state index contributed by atoms with van der Waals surface area (Å²) in [5.41, 5.74) is 1.11. The van der Waals surface area contributed by atoms with Crippen molar-refractivity contribution >= 4 is 11.8 Å². The molecule has 2 unspecified atom stereocenters. The van der Waals surface area contributed by atoms with Gasteiger partial charge in [0.15, 0.2) is 0 Å². The van der Waals surface area contributed by atoms with Gasteiger partial charge in [0.2, 0.25) is 5.95 Å². The summed E-state index contributed by atoms with van der Waals surface area (Å²) in [5.74, 6) is 3.26. The summed E-state index contributed by atoms with van der Waals surface area (Å²) in [6.45, 7) is 5.45. The molecule has 18 heavy (non-hydrogen) atoms. The predicted molar refractivity (Wildman–Crippen MR) is 75.9 cm³/mol. The zero-order chi connectivity index (χ0) is 13.0. The van der Waals surface area contributed by atoms with E-state index in [4.69, 9.17) is 0 Å². The fourth-order valence-electron chi connectivity index (χ4n) is 2.67. The van der Waals surface area contributed by atoms with Gasteiger partial charge in [-0.3, -0.25) is 0 Å². The van der Waals surface area contributed by atoms with Crippen LogP contribution in [0.3, 0.4) is 0 Å². The van der Waals surface area contributed by atoms with Gasteiger partial charge in [0, 0.05) is 25.4 Å². The van der Waals surface area contributed by atoms with Gasteiger partial charge in [-0.1, -0.05) is 26.2 Å². The predicted octanol–water partition coefficient (Wildman–Crippen LogP) is 3.06. The van der Waals surface area contributed by atoms with Crippen LogP contribution in [0.15, 0.2) is 6.20 Å². The van der Waals surface area contributed by atoms with Gasteiger partial charge in [-0.15, -0.1) is 0 Å². The molecular weight excluding hydrogens is 224 g/mol. The van der Waals surface area contributed by atoms with Crippen LogP contribution in [0.5, 0.6) is 0 Å². The van der Waals surface area contributed by atoms with E-state index in [2.05, 4.69) is 27.5 Å². The third kappa shape index (κ3) is 3.12. The maximum atomic E-state index is 4.47. The molecule has 1 aromatic heterocycles. The number of rotatable bonds is 4. The summed E-state index contributed by atoms with van der Waals surface area (Å²) < 4.78 is 0. The summed E-state index contributed by atoms with van der Waals surface area (Å²) in [6, 6.07) is 0. The first-order valence-corrected chi connectivity index (χ1v) is 6.96. The molecule has 0 spiro atoms. The van der Waals surface area contributed by atoms with E-state index in [-0.39, 0.29) is 0 Å². The molecule has 2 rings (SSSR count). The van der Waals surface area contributed by atoms with E-state index < -0.39 is 0 Å². The van der Waals surface area contributed by atoms with Crippen LogP contribution in [-0.2, 0) is 0 Å². The lowest BCUT2D eigenvalue weighted by atomic mass is 9.80. The Kier molecular flexibility index (Phi) is 4.39. The second kappa shape index (κ2) is 6.03. The smallest absolute Gasteiger partial charge is 0.224 e. The molecule has 4 nitrogen and oxygen atoms in total. The number of aromatic nitrogens is 2. The highest BCUT2D eigenvalue weighted by molar-refractivity contribution is 5.46. The van der Waals surface area contributed by atoms with Crippen LogP contribution in [0.25, 0.3) is 0 Å². The minimum Gasteiger partial charge on any atom is -0.369 e. The Balaban J connectivity index is 1.96. The van der Waals surface area contributed by atoms with Crippen molar-refractivity contribution in [2.75, 3.05) is 24.2 Å². The first-order chi connectivity index (χ1) is 8.70. The standard InChI is InChI=1S/C14H24N4/c1-10-6-4-5-7-12(10)9-16-13-11(2)8-17-14(15-3)18-13/h8,10,12H,4-7,9H2,1-3H3,(H2,15,16,17,18). The molecule has 0 saturated heterocycles. The number of hydrogen-bond acceptors (Lipinski definition) is 4. The second-order valence-corrected chi connectivity index (χ2v) is 5.38. The van der Waals surface area contributed by atoms with Crippen molar-refractivity contribution in [2.24, 2.45) is 11.8 Å². The number of nitrogens with zero attached hydrogens (tertiary/aromatic N) is 2. The average Bonchev–Trinajstić information content (AvgIpc) is 2.39. The van der Waals surface area contributed by atoms with Gasteiger partial charge in [-0.25, -0.2) is 4.98 Å². The quantitative estimate of drug-likeness (QED) is 0.860. The minimum absolute atomic E-state index is 0.680. The third-order valence-electron chi connectivity index (χ3n) is 4.02. The molecule has 1 fully saturated rings. The first-order valence-electron chi connectivity index (χ1n) is 6.96. The number of anilines is 2. The van der Waals surface area contributed by atoms with Crippen molar-refractivity contribution in [3.05, 3.63) is 11.8 Å². The van der Waals surface area contributed by atoms with Gasteiger partial charge < -0.3 is 10.6 Å². The monoisotopic (exact) mass is 248 g/mol. The first kappa shape index (κ1) is 13.1. The van der Waals surface area contributed by atoms with Crippen LogP contribution in [-0.4, -0.2) is 23.6 Å². The van der Waals surface area contributed by atoms with E-state index in [1.807, 2.05) is 20.2 Å². The Morgan fingerprint density at radius 3 is 2.83 bits per heavy atom. The van der Waals surface area contributed by atoms with Crippen LogP contribution in [0, 0.1) is 18.8 Å². The molecule has 1 aliphatic carbocycles. The Hall–Kier alpha value is -1.32. The lowest BCUT2D eigenvalue weighted by molar-refractivity contribution is 0.268. The molecule has 2 N–H and O–H groups in total. The molecule has 0 bridgehead atoms. The summed E-state index contributed by atoms with van der Waals surface area (Å²) >= 11 is 0. The van der Waals surface area contributed by atoms with Gasteiger partial charge in [-0.2, -0.15) is 4.98 Å². The van der Waals surface area contributed by atoms with Crippen LogP contribution >= 0.6 is 0 Å². The highest BCUT2D eigenvalue weighted by Gasteiger charge is 2.21. The van der Waals surface area contributed by atoms with Crippen LogP contribution < -0.4 is 10.6 Å². The Morgan fingerprint density at radius 2 is 2.11 bits per heavy atom. The number of aryl methyl sites for hydroxylation is 1. The van der Waals surface area contributed by atoms with Gasteiger partial charge >= 0.3 is 0 Å². The molecular formula is C14H24N4. The number of nitrogens with one attached hydrogen (secondary N) is 2. The molecule has 1 saturated carbocycles. The molecule has 1 aromatic rings. The largest absolute Gasteiger partial charge is 0.369 e. The Bertz CT molecular complexity index is 391. The van der Waals surface area contributed by atoms with E-state index in [9.17, 15) is 0 Å². The summed E-state index contributed by atoms with van der Waals surface area (Å²) in [4.78, 5) is 8.67. The average molecular weight is 248 g/mol. The van der Waals surface area contributed by atoms with Crippen molar-refractivity contribution < 1.29 is 0 Å². The molecule has 0 radical (unpaired) electrons. The van der Waals surface area contributed by atoms with Gasteiger partial charge in [0.1, 0.15) is 5.82 Å². The van der Waals surface area contributed by atoms with Crippen LogP contribution in [0.1, 0.15) is 38.2 Å². The normalized spacial score (nSPS) is 23.7. The van der Waals surface area contributed by atoms with E-state index >= 15 is 0 Å². The van der Waals surface area contributed by atoms with Gasteiger partial charge in [0.25, 0.3) is 0 Å². The van der Waals surface area contributed by atoms with Crippen LogP contribution in [0.4, 0.5) is 11.8 Å². The molecule has 0 amide bonds. The van der Waals surface area contributed by atoms with E-state index in [0.717, 1.165) is 29.8 Å². The lowest BCUT2D eigenvalue weighted by Crippen LogP contribution is -2.25. The fourth-order valence-corrected chi connectivity index (χ4v) is 2.67. The zero-order valence-electron chi connectivity index (χ0n) is 11.7. The van der Waals surface area contributed by atoms with E-state index in [0.29, 0.717) is 5.95 Å². The topological polar surface area (TPSA) is 49.8 Å². The van der Waals surface area contributed by atoms with E-state index in [1.165, 1.54) is 25.7 Å².